The topological polar surface area (TPSA) is 65.0 Å². The molecular weight excluding hydrogens is 627 g/mol. The maximum absolute atomic E-state index is 7.16. The lowest BCUT2D eigenvalue weighted by molar-refractivity contribution is 0.575. The summed E-state index contributed by atoms with van der Waals surface area (Å²) < 4.78 is 13.5. The fourth-order valence-corrected chi connectivity index (χ4v) is 7.76. The first-order chi connectivity index (χ1) is 25.0. The summed E-state index contributed by atoms with van der Waals surface area (Å²) in [6, 6.07) is 51.7. The SMILES string of the molecule is CC1(C)c2ccccc2-c2c(-c3cccc4oc5ccccc5c34)oc(-c3cccc(-c4nc(-c5ccccc5)nc(-c5ccccc5)n4)c3)c21. The molecule has 1 aliphatic carbocycles. The molecule has 3 heterocycles. The third kappa shape index (κ3) is 4.59. The van der Waals surface area contributed by atoms with Gasteiger partial charge in [0, 0.05) is 55.1 Å². The number of aromatic nitrogens is 3. The van der Waals surface area contributed by atoms with E-state index in [0.717, 1.165) is 66.8 Å². The fraction of sp³-hybridized carbons (Fsp3) is 0.0652. The molecule has 9 aromatic rings. The van der Waals surface area contributed by atoms with Gasteiger partial charge in [-0.3, -0.25) is 0 Å². The van der Waals surface area contributed by atoms with Crippen LogP contribution in [0.15, 0.2) is 160 Å². The highest BCUT2D eigenvalue weighted by Crippen LogP contribution is 2.58. The average Bonchev–Trinajstić information content (AvgIpc) is 3.85. The van der Waals surface area contributed by atoms with Crippen molar-refractivity contribution in [1.29, 1.82) is 0 Å². The molecule has 3 aromatic heterocycles. The van der Waals surface area contributed by atoms with Crippen molar-refractivity contribution in [2.24, 2.45) is 0 Å². The van der Waals surface area contributed by atoms with Crippen LogP contribution in [0.2, 0.25) is 0 Å². The van der Waals surface area contributed by atoms with Gasteiger partial charge in [0.1, 0.15) is 22.7 Å². The molecule has 5 heteroatoms. The molecule has 0 fully saturated rings. The van der Waals surface area contributed by atoms with Gasteiger partial charge < -0.3 is 8.83 Å². The molecule has 0 radical (unpaired) electrons. The zero-order valence-electron chi connectivity index (χ0n) is 28.1. The van der Waals surface area contributed by atoms with Crippen molar-refractivity contribution in [3.63, 3.8) is 0 Å². The number of nitrogens with zero attached hydrogens (tertiary/aromatic N) is 3. The van der Waals surface area contributed by atoms with Gasteiger partial charge in [0.05, 0.1) is 0 Å². The van der Waals surface area contributed by atoms with Crippen molar-refractivity contribution in [1.82, 2.24) is 15.0 Å². The van der Waals surface area contributed by atoms with E-state index in [4.69, 9.17) is 23.8 Å². The molecule has 51 heavy (non-hydrogen) atoms. The lowest BCUT2D eigenvalue weighted by Gasteiger charge is -2.22. The summed E-state index contributed by atoms with van der Waals surface area (Å²) in [7, 11) is 0. The second kappa shape index (κ2) is 11.2. The van der Waals surface area contributed by atoms with Crippen LogP contribution in [0.1, 0.15) is 25.0 Å². The van der Waals surface area contributed by atoms with Crippen LogP contribution < -0.4 is 0 Å². The number of fused-ring (bicyclic) bond motifs is 6. The highest BCUT2D eigenvalue weighted by molar-refractivity contribution is 6.14. The number of hydrogen-bond donors (Lipinski definition) is 0. The van der Waals surface area contributed by atoms with E-state index in [1.165, 1.54) is 16.7 Å². The first kappa shape index (κ1) is 29.3. The van der Waals surface area contributed by atoms with E-state index < -0.39 is 0 Å². The third-order valence-corrected chi connectivity index (χ3v) is 10.1. The Morgan fingerprint density at radius 1 is 0.451 bits per heavy atom. The van der Waals surface area contributed by atoms with Gasteiger partial charge in [-0.25, -0.2) is 15.0 Å². The molecule has 0 spiro atoms. The highest BCUT2D eigenvalue weighted by atomic mass is 16.3. The molecule has 242 valence electrons. The predicted octanol–water partition coefficient (Wildman–Crippen LogP) is 12.0. The van der Waals surface area contributed by atoms with Crippen LogP contribution in [0.3, 0.4) is 0 Å². The molecule has 0 unspecified atom stereocenters. The van der Waals surface area contributed by atoms with E-state index >= 15 is 0 Å². The van der Waals surface area contributed by atoms with Gasteiger partial charge in [0.15, 0.2) is 17.5 Å². The Morgan fingerprint density at radius 3 is 1.75 bits per heavy atom. The minimum atomic E-state index is -0.306. The van der Waals surface area contributed by atoms with Gasteiger partial charge in [-0.1, -0.05) is 147 Å². The summed E-state index contributed by atoms with van der Waals surface area (Å²) in [5.74, 6) is 3.54. The van der Waals surface area contributed by atoms with Crippen LogP contribution in [-0.2, 0) is 5.41 Å². The molecule has 0 N–H and O–H groups in total. The number of furan rings is 2. The number of hydrogen-bond acceptors (Lipinski definition) is 5. The first-order valence-corrected chi connectivity index (χ1v) is 17.2. The Hall–Kier alpha value is -6.59. The van der Waals surface area contributed by atoms with E-state index in [2.05, 4.69) is 86.6 Å². The highest BCUT2D eigenvalue weighted by Gasteiger charge is 2.43. The van der Waals surface area contributed by atoms with E-state index in [9.17, 15) is 0 Å². The number of rotatable bonds is 5. The van der Waals surface area contributed by atoms with Crippen LogP contribution >= 0.6 is 0 Å². The van der Waals surface area contributed by atoms with E-state index in [1.807, 2.05) is 78.9 Å². The summed E-state index contributed by atoms with van der Waals surface area (Å²) in [6.45, 7) is 4.59. The Balaban J connectivity index is 1.20. The Labute approximate surface area is 294 Å². The van der Waals surface area contributed by atoms with Gasteiger partial charge in [-0.15, -0.1) is 0 Å². The average molecular weight is 658 g/mol. The normalized spacial score (nSPS) is 13.1. The molecule has 0 atom stereocenters. The Morgan fingerprint density at radius 2 is 1.00 bits per heavy atom. The Bertz CT molecular complexity index is 2720. The van der Waals surface area contributed by atoms with Crippen molar-refractivity contribution >= 4 is 21.9 Å². The molecule has 5 nitrogen and oxygen atoms in total. The molecule has 6 aromatic carbocycles. The third-order valence-electron chi connectivity index (χ3n) is 10.1. The van der Waals surface area contributed by atoms with Crippen molar-refractivity contribution in [3.8, 4) is 67.9 Å². The summed E-state index contributed by atoms with van der Waals surface area (Å²) in [6.07, 6.45) is 0. The van der Waals surface area contributed by atoms with Crippen molar-refractivity contribution in [2.75, 3.05) is 0 Å². The Kier molecular flexibility index (Phi) is 6.46. The second-order valence-electron chi connectivity index (χ2n) is 13.6. The minimum absolute atomic E-state index is 0.306. The lowest BCUT2D eigenvalue weighted by atomic mass is 9.81. The summed E-state index contributed by atoms with van der Waals surface area (Å²) >= 11 is 0. The molecule has 0 amide bonds. The standard InChI is InChI=1S/C46H31N3O2/c1-46(2)35-24-11-9-21-32(35)39-40(46)41(51-42(39)34-23-14-26-37-38(34)33-22-10-12-25-36(33)50-37)30-19-13-20-31(27-30)45-48-43(28-15-5-3-6-16-28)47-44(49-45)29-17-7-4-8-18-29/h3-27H,1-2H3. The van der Waals surface area contributed by atoms with E-state index in [0.29, 0.717) is 17.5 Å². The molecule has 0 saturated heterocycles. The van der Waals surface area contributed by atoms with Crippen LogP contribution in [0, 0.1) is 0 Å². The molecule has 0 bridgehead atoms. The van der Waals surface area contributed by atoms with Gasteiger partial charge >= 0.3 is 0 Å². The maximum Gasteiger partial charge on any atom is 0.164 e. The molecule has 0 saturated carbocycles. The van der Waals surface area contributed by atoms with Crippen molar-refractivity contribution in [3.05, 3.63) is 163 Å². The largest absolute Gasteiger partial charge is 0.456 e. The maximum atomic E-state index is 7.16. The molecular formula is C46H31N3O2. The van der Waals surface area contributed by atoms with Crippen LogP contribution in [0.25, 0.3) is 89.9 Å². The number of para-hydroxylation sites is 1. The van der Waals surface area contributed by atoms with Crippen LogP contribution in [0.4, 0.5) is 0 Å². The molecule has 0 aliphatic heterocycles. The lowest BCUT2D eigenvalue weighted by Crippen LogP contribution is -2.15. The quantitative estimate of drug-likeness (QED) is 0.184. The van der Waals surface area contributed by atoms with Crippen molar-refractivity contribution in [2.45, 2.75) is 19.3 Å². The monoisotopic (exact) mass is 657 g/mol. The van der Waals surface area contributed by atoms with Gasteiger partial charge in [-0.05, 0) is 29.3 Å². The first-order valence-electron chi connectivity index (χ1n) is 17.2. The van der Waals surface area contributed by atoms with Gasteiger partial charge in [0.2, 0.25) is 0 Å². The smallest absolute Gasteiger partial charge is 0.164 e. The summed E-state index contributed by atoms with van der Waals surface area (Å²) in [5, 5.41) is 2.12. The molecule has 1 aliphatic rings. The van der Waals surface area contributed by atoms with Crippen molar-refractivity contribution < 1.29 is 8.83 Å². The van der Waals surface area contributed by atoms with E-state index in [-0.39, 0.29) is 5.41 Å². The van der Waals surface area contributed by atoms with Crippen LogP contribution in [0.5, 0.6) is 0 Å². The zero-order valence-corrected chi connectivity index (χ0v) is 28.1. The van der Waals surface area contributed by atoms with E-state index in [1.54, 1.807) is 0 Å². The zero-order chi connectivity index (χ0) is 34.1. The number of benzene rings is 6. The van der Waals surface area contributed by atoms with Crippen LogP contribution in [-0.4, -0.2) is 15.0 Å². The summed E-state index contributed by atoms with van der Waals surface area (Å²) in [5.41, 5.74) is 10.9. The minimum Gasteiger partial charge on any atom is -0.456 e. The predicted molar refractivity (Wildman–Crippen MR) is 204 cm³/mol. The molecule has 10 rings (SSSR count). The fourth-order valence-electron chi connectivity index (χ4n) is 7.76. The van der Waals surface area contributed by atoms with Gasteiger partial charge in [0.25, 0.3) is 0 Å². The van der Waals surface area contributed by atoms with Gasteiger partial charge in [-0.2, -0.15) is 0 Å². The summed E-state index contributed by atoms with van der Waals surface area (Å²) in [4.78, 5) is 14.9. The second-order valence-corrected chi connectivity index (χ2v) is 13.6.